The van der Waals surface area contributed by atoms with E-state index >= 15 is 0 Å². The second-order valence-corrected chi connectivity index (χ2v) is 4.16. The fourth-order valence-electron chi connectivity index (χ4n) is 1.66. The standard InChI is InChI=1S/C8H11BrN4O/c1-13-6(8(9)11-12-13)7(14)5-2-3-10-4-5/h5,10H,2-4H2,1H3. The number of rotatable bonds is 2. The molecule has 1 N–H and O–H groups in total. The molecule has 2 heterocycles. The van der Waals surface area contributed by atoms with Crippen LogP contribution in [0.3, 0.4) is 0 Å². The van der Waals surface area contributed by atoms with Crippen molar-refractivity contribution in [1.29, 1.82) is 0 Å². The van der Waals surface area contributed by atoms with Gasteiger partial charge < -0.3 is 5.32 Å². The maximum atomic E-state index is 12.0. The monoisotopic (exact) mass is 258 g/mol. The van der Waals surface area contributed by atoms with Gasteiger partial charge in [-0.05, 0) is 28.9 Å². The number of nitrogens with one attached hydrogen (secondary N) is 1. The average Bonchev–Trinajstić information content (AvgIpc) is 2.75. The van der Waals surface area contributed by atoms with E-state index in [2.05, 4.69) is 31.6 Å². The third-order valence-electron chi connectivity index (χ3n) is 2.45. The SMILES string of the molecule is Cn1nnc(Br)c1C(=O)C1CCNC1. The minimum atomic E-state index is 0.0727. The zero-order valence-corrected chi connectivity index (χ0v) is 9.41. The maximum absolute atomic E-state index is 12.0. The first-order chi connectivity index (χ1) is 6.70. The Bertz CT molecular complexity index is 337. The van der Waals surface area contributed by atoms with Gasteiger partial charge in [0.1, 0.15) is 5.69 Å². The van der Waals surface area contributed by atoms with E-state index in [9.17, 15) is 4.79 Å². The van der Waals surface area contributed by atoms with E-state index in [0.717, 1.165) is 19.5 Å². The van der Waals surface area contributed by atoms with Crippen LogP contribution in [0.15, 0.2) is 4.60 Å². The van der Waals surface area contributed by atoms with E-state index in [1.54, 1.807) is 7.05 Å². The number of halogens is 1. The molecule has 1 unspecified atom stereocenters. The summed E-state index contributed by atoms with van der Waals surface area (Å²) in [4.78, 5) is 12.0. The molecule has 1 atom stereocenters. The smallest absolute Gasteiger partial charge is 0.188 e. The summed E-state index contributed by atoms with van der Waals surface area (Å²) < 4.78 is 2.06. The Morgan fingerprint density at radius 1 is 1.71 bits per heavy atom. The molecule has 6 heteroatoms. The van der Waals surface area contributed by atoms with Crippen molar-refractivity contribution in [3.05, 3.63) is 10.3 Å². The summed E-state index contributed by atoms with van der Waals surface area (Å²) in [5.74, 6) is 0.192. The van der Waals surface area contributed by atoms with Gasteiger partial charge in [0.15, 0.2) is 10.4 Å². The number of carbonyl (C=O) groups is 1. The molecule has 0 spiro atoms. The molecule has 1 aliphatic heterocycles. The van der Waals surface area contributed by atoms with Crippen molar-refractivity contribution in [1.82, 2.24) is 20.3 Å². The number of Topliss-reactive ketones (excluding diaryl/α,β-unsaturated/α-hetero) is 1. The maximum Gasteiger partial charge on any atom is 0.188 e. The lowest BCUT2D eigenvalue weighted by atomic mass is 10.0. The van der Waals surface area contributed by atoms with Crippen molar-refractivity contribution >= 4 is 21.7 Å². The summed E-state index contributed by atoms with van der Waals surface area (Å²) in [6.45, 7) is 1.68. The van der Waals surface area contributed by atoms with Gasteiger partial charge >= 0.3 is 0 Å². The average molecular weight is 259 g/mol. The van der Waals surface area contributed by atoms with Crippen molar-refractivity contribution in [2.45, 2.75) is 6.42 Å². The van der Waals surface area contributed by atoms with Gasteiger partial charge in [-0.25, -0.2) is 4.68 Å². The Morgan fingerprint density at radius 3 is 3.00 bits per heavy atom. The van der Waals surface area contributed by atoms with Crippen LogP contribution in [0.5, 0.6) is 0 Å². The number of aromatic nitrogens is 3. The molecule has 1 aliphatic rings. The molecule has 0 radical (unpaired) electrons. The first kappa shape index (κ1) is 9.79. The summed E-state index contributed by atoms with van der Waals surface area (Å²) in [7, 11) is 1.73. The molecule has 76 valence electrons. The van der Waals surface area contributed by atoms with Crippen LogP contribution in [-0.4, -0.2) is 33.9 Å². The largest absolute Gasteiger partial charge is 0.316 e. The topological polar surface area (TPSA) is 59.8 Å². The number of ketones is 1. The molecule has 0 bridgehead atoms. The molecule has 0 aliphatic carbocycles. The molecule has 0 saturated carbocycles. The zero-order valence-electron chi connectivity index (χ0n) is 7.83. The van der Waals surface area contributed by atoms with Crippen LogP contribution in [0, 0.1) is 5.92 Å². The number of aryl methyl sites for hydroxylation is 1. The normalized spacial score (nSPS) is 21.4. The van der Waals surface area contributed by atoms with Gasteiger partial charge in [-0.15, -0.1) is 5.10 Å². The number of hydrogen-bond acceptors (Lipinski definition) is 4. The molecule has 1 saturated heterocycles. The van der Waals surface area contributed by atoms with Gasteiger partial charge in [0.05, 0.1) is 0 Å². The van der Waals surface area contributed by atoms with Gasteiger partial charge in [0.2, 0.25) is 0 Å². The van der Waals surface area contributed by atoms with Crippen molar-refractivity contribution in [3.63, 3.8) is 0 Å². The van der Waals surface area contributed by atoms with E-state index in [1.165, 1.54) is 4.68 Å². The molecule has 0 aromatic carbocycles. The van der Waals surface area contributed by atoms with Gasteiger partial charge in [0.25, 0.3) is 0 Å². The summed E-state index contributed by atoms with van der Waals surface area (Å²) in [5.41, 5.74) is 0.568. The van der Waals surface area contributed by atoms with Crippen LogP contribution in [-0.2, 0) is 7.05 Å². The third-order valence-corrected chi connectivity index (χ3v) is 2.98. The second-order valence-electron chi connectivity index (χ2n) is 3.41. The van der Waals surface area contributed by atoms with Crippen LogP contribution in [0.25, 0.3) is 0 Å². The van der Waals surface area contributed by atoms with E-state index in [1.807, 2.05) is 0 Å². The highest BCUT2D eigenvalue weighted by Gasteiger charge is 2.28. The Balaban J connectivity index is 2.25. The van der Waals surface area contributed by atoms with Gasteiger partial charge in [0, 0.05) is 19.5 Å². The Kier molecular flexibility index (Phi) is 2.64. The third kappa shape index (κ3) is 1.59. The van der Waals surface area contributed by atoms with Crippen molar-refractivity contribution in [2.24, 2.45) is 13.0 Å². The number of nitrogens with zero attached hydrogens (tertiary/aromatic N) is 3. The number of carbonyl (C=O) groups excluding carboxylic acids is 1. The Hall–Kier alpha value is -0.750. The van der Waals surface area contributed by atoms with E-state index in [0.29, 0.717) is 10.3 Å². The minimum absolute atomic E-state index is 0.0727. The van der Waals surface area contributed by atoms with Crippen LogP contribution >= 0.6 is 15.9 Å². The first-order valence-corrected chi connectivity index (χ1v) is 5.29. The highest BCUT2D eigenvalue weighted by molar-refractivity contribution is 9.10. The fraction of sp³-hybridized carbons (Fsp3) is 0.625. The minimum Gasteiger partial charge on any atom is -0.316 e. The van der Waals surface area contributed by atoms with E-state index < -0.39 is 0 Å². The van der Waals surface area contributed by atoms with Crippen LogP contribution in [0.2, 0.25) is 0 Å². The lowest BCUT2D eigenvalue weighted by Crippen LogP contribution is -2.20. The van der Waals surface area contributed by atoms with Gasteiger partial charge in [-0.3, -0.25) is 4.79 Å². The summed E-state index contributed by atoms with van der Waals surface area (Å²) >= 11 is 3.23. The molecule has 1 aromatic rings. The van der Waals surface area contributed by atoms with Crippen molar-refractivity contribution in [3.8, 4) is 0 Å². The van der Waals surface area contributed by atoms with Crippen LogP contribution in [0.1, 0.15) is 16.9 Å². The van der Waals surface area contributed by atoms with Crippen molar-refractivity contribution in [2.75, 3.05) is 13.1 Å². The molecule has 2 rings (SSSR count). The van der Waals surface area contributed by atoms with E-state index in [4.69, 9.17) is 0 Å². The molecule has 14 heavy (non-hydrogen) atoms. The zero-order chi connectivity index (χ0) is 10.1. The molecule has 1 aromatic heterocycles. The molecule has 5 nitrogen and oxygen atoms in total. The van der Waals surface area contributed by atoms with Gasteiger partial charge in [-0.2, -0.15) is 0 Å². The van der Waals surface area contributed by atoms with E-state index in [-0.39, 0.29) is 11.7 Å². The predicted octanol–water partition coefficient (Wildman–Crippen LogP) is 0.370. The van der Waals surface area contributed by atoms with Crippen LogP contribution < -0.4 is 5.32 Å². The Labute approximate surface area is 90.0 Å². The summed E-state index contributed by atoms with van der Waals surface area (Å²) in [6.07, 6.45) is 0.899. The lowest BCUT2D eigenvalue weighted by Gasteiger charge is -2.06. The summed E-state index contributed by atoms with van der Waals surface area (Å²) in [6, 6.07) is 0. The lowest BCUT2D eigenvalue weighted by molar-refractivity contribution is 0.0920. The quantitative estimate of drug-likeness (QED) is 0.779. The highest BCUT2D eigenvalue weighted by Crippen LogP contribution is 2.19. The molecular formula is C8H11BrN4O. The number of hydrogen-bond donors (Lipinski definition) is 1. The van der Waals surface area contributed by atoms with Crippen molar-refractivity contribution < 1.29 is 4.79 Å². The predicted molar refractivity (Wildman–Crippen MR) is 54.0 cm³/mol. The highest BCUT2D eigenvalue weighted by atomic mass is 79.9. The Morgan fingerprint density at radius 2 is 2.50 bits per heavy atom. The first-order valence-electron chi connectivity index (χ1n) is 4.50. The van der Waals surface area contributed by atoms with Crippen LogP contribution in [0.4, 0.5) is 0 Å². The molecule has 0 amide bonds. The molecule has 1 fully saturated rings. The summed E-state index contributed by atoms with van der Waals surface area (Å²) in [5, 5.41) is 10.8. The fourth-order valence-corrected chi connectivity index (χ4v) is 2.19. The van der Waals surface area contributed by atoms with Gasteiger partial charge in [-0.1, -0.05) is 5.21 Å². The molecular weight excluding hydrogens is 248 g/mol. The second kappa shape index (κ2) is 3.78.